The predicted molar refractivity (Wildman–Crippen MR) is 86.1 cm³/mol. The number of nitrogens with zero attached hydrogens (tertiary/aromatic N) is 2. The summed E-state index contributed by atoms with van der Waals surface area (Å²) in [5, 5.41) is 11.1. The topological polar surface area (TPSA) is 95.7 Å². The highest BCUT2D eigenvalue weighted by Crippen LogP contribution is 2.35. The van der Waals surface area contributed by atoms with Crippen molar-refractivity contribution in [2.75, 3.05) is 26.3 Å². The maximum absolute atomic E-state index is 11.8. The fourth-order valence-electron chi connectivity index (χ4n) is 2.15. The van der Waals surface area contributed by atoms with Crippen molar-refractivity contribution in [1.82, 2.24) is 15.5 Å². The summed E-state index contributed by atoms with van der Waals surface area (Å²) < 4.78 is 21.1. The Morgan fingerprint density at radius 1 is 1.38 bits per heavy atom. The number of benzene rings is 1. The van der Waals surface area contributed by atoms with Gasteiger partial charge in [0.1, 0.15) is 0 Å². The number of hydrogen-bond donors (Lipinski definition) is 1. The van der Waals surface area contributed by atoms with Gasteiger partial charge in [-0.25, -0.2) is 0 Å². The van der Waals surface area contributed by atoms with Gasteiger partial charge in [0.15, 0.2) is 11.5 Å². The first-order chi connectivity index (χ1) is 11.7. The summed E-state index contributed by atoms with van der Waals surface area (Å²) in [6.07, 6.45) is 0. The number of rotatable bonds is 7. The van der Waals surface area contributed by atoms with Crippen molar-refractivity contribution < 1.29 is 23.4 Å². The van der Waals surface area contributed by atoms with E-state index in [1.165, 1.54) is 11.8 Å². The number of amides is 1. The summed E-state index contributed by atoms with van der Waals surface area (Å²) in [6.45, 7) is 2.54. The van der Waals surface area contributed by atoms with Crippen LogP contribution in [0.2, 0.25) is 0 Å². The number of fused-ring (bicyclic) bond motifs is 1. The van der Waals surface area contributed by atoms with Gasteiger partial charge in [0.05, 0.1) is 12.4 Å². The van der Waals surface area contributed by atoms with Crippen LogP contribution in [0.15, 0.2) is 27.8 Å². The molecular weight excluding hydrogens is 334 g/mol. The molecule has 128 valence electrons. The highest BCUT2D eigenvalue weighted by molar-refractivity contribution is 7.99. The van der Waals surface area contributed by atoms with E-state index in [0.29, 0.717) is 29.2 Å². The zero-order chi connectivity index (χ0) is 16.9. The van der Waals surface area contributed by atoms with Gasteiger partial charge in [-0.3, -0.25) is 4.79 Å². The van der Waals surface area contributed by atoms with Crippen LogP contribution in [0.5, 0.6) is 11.5 Å². The zero-order valence-corrected chi connectivity index (χ0v) is 14.1. The Morgan fingerprint density at radius 2 is 2.21 bits per heavy atom. The van der Waals surface area contributed by atoms with Crippen LogP contribution in [0.4, 0.5) is 0 Å². The van der Waals surface area contributed by atoms with Gasteiger partial charge in [-0.05, 0) is 25.1 Å². The summed E-state index contributed by atoms with van der Waals surface area (Å²) in [7, 11) is 1.59. The van der Waals surface area contributed by atoms with E-state index in [1.54, 1.807) is 19.2 Å². The first-order valence-corrected chi connectivity index (χ1v) is 8.29. The Bertz CT molecular complexity index is 721. The van der Waals surface area contributed by atoms with Gasteiger partial charge in [-0.1, -0.05) is 11.8 Å². The average molecular weight is 351 g/mol. The van der Waals surface area contributed by atoms with Crippen LogP contribution in [0, 0.1) is 0 Å². The Labute approximate surface area is 142 Å². The van der Waals surface area contributed by atoms with E-state index >= 15 is 0 Å². The van der Waals surface area contributed by atoms with Crippen LogP contribution < -0.4 is 14.8 Å². The summed E-state index contributed by atoms with van der Waals surface area (Å²) in [6, 6.07) is 5.34. The minimum absolute atomic E-state index is 0.0463. The number of aromatic nitrogens is 2. The number of ether oxygens (including phenoxy) is 3. The number of hydrogen-bond acceptors (Lipinski definition) is 8. The third kappa shape index (κ3) is 3.98. The lowest BCUT2D eigenvalue weighted by Crippen LogP contribution is -2.36. The second-order valence-corrected chi connectivity index (χ2v) is 6.08. The van der Waals surface area contributed by atoms with Crippen molar-refractivity contribution in [3.05, 3.63) is 18.2 Å². The van der Waals surface area contributed by atoms with Crippen molar-refractivity contribution in [2.45, 2.75) is 18.2 Å². The van der Waals surface area contributed by atoms with Crippen molar-refractivity contribution >= 4 is 17.7 Å². The average Bonchev–Trinajstić information content (AvgIpc) is 3.21. The number of thioether (sulfide) groups is 1. The van der Waals surface area contributed by atoms with E-state index in [2.05, 4.69) is 15.5 Å². The monoisotopic (exact) mass is 351 g/mol. The van der Waals surface area contributed by atoms with Gasteiger partial charge in [0.2, 0.25) is 18.6 Å². The molecule has 2 aromatic rings. The molecule has 0 saturated carbocycles. The van der Waals surface area contributed by atoms with E-state index in [9.17, 15) is 4.79 Å². The lowest BCUT2D eigenvalue weighted by atomic mass is 10.2. The minimum Gasteiger partial charge on any atom is -0.454 e. The summed E-state index contributed by atoms with van der Waals surface area (Å²) in [5.41, 5.74) is 0.733. The molecule has 0 fully saturated rings. The van der Waals surface area contributed by atoms with Crippen LogP contribution in [0.25, 0.3) is 11.5 Å². The van der Waals surface area contributed by atoms with Crippen molar-refractivity contribution in [3.63, 3.8) is 0 Å². The molecule has 1 atom stereocenters. The summed E-state index contributed by atoms with van der Waals surface area (Å²) >= 11 is 1.18. The molecule has 3 rings (SSSR count). The van der Waals surface area contributed by atoms with Gasteiger partial charge in [0, 0.05) is 18.7 Å². The molecule has 1 N–H and O–H groups in total. The molecule has 9 heteroatoms. The van der Waals surface area contributed by atoms with E-state index in [1.807, 2.05) is 13.0 Å². The number of carbonyl (C=O) groups is 1. The Morgan fingerprint density at radius 3 is 3.04 bits per heavy atom. The number of methoxy groups -OCH3 is 1. The van der Waals surface area contributed by atoms with Gasteiger partial charge in [-0.15, -0.1) is 10.2 Å². The normalized spacial score (nSPS) is 13.8. The molecule has 2 heterocycles. The van der Waals surface area contributed by atoms with Crippen molar-refractivity contribution in [3.8, 4) is 23.0 Å². The van der Waals surface area contributed by atoms with Crippen LogP contribution in [-0.4, -0.2) is 48.4 Å². The molecule has 1 aromatic heterocycles. The molecule has 0 bridgehead atoms. The minimum atomic E-state index is -0.118. The Balaban J connectivity index is 1.57. The predicted octanol–water partition coefficient (Wildman–Crippen LogP) is 1.71. The molecule has 0 spiro atoms. The molecule has 0 aliphatic carbocycles. The molecule has 24 heavy (non-hydrogen) atoms. The highest BCUT2D eigenvalue weighted by Gasteiger charge is 2.17. The largest absolute Gasteiger partial charge is 0.454 e. The van der Waals surface area contributed by atoms with Crippen molar-refractivity contribution in [1.29, 1.82) is 0 Å². The summed E-state index contributed by atoms with van der Waals surface area (Å²) in [5.74, 6) is 1.77. The molecular formula is C15H17N3O5S. The fraction of sp³-hybridized carbons (Fsp3) is 0.400. The van der Waals surface area contributed by atoms with Crippen LogP contribution in [-0.2, 0) is 9.53 Å². The Hall–Kier alpha value is -2.26. The molecule has 1 aliphatic heterocycles. The molecule has 1 aromatic carbocycles. The first-order valence-electron chi connectivity index (χ1n) is 7.30. The quantitative estimate of drug-likeness (QED) is 0.753. The molecule has 8 nitrogen and oxygen atoms in total. The standard InChI is InChI=1S/C15H17N3O5S/c1-9(6-20-2)16-13(19)7-24-15-18-17-14(23-15)10-3-4-11-12(5-10)22-8-21-11/h3-5,9H,6-8H2,1-2H3,(H,16,19)/t9-/m1/s1. The molecule has 0 saturated heterocycles. The second-order valence-electron chi connectivity index (χ2n) is 5.15. The maximum Gasteiger partial charge on any atom is 0.277 e. The van der Waals surface area contributed by atoms with Gasteiger partial charge in [0.25, 0.3) is 5.22 Å². The van der Waals surface area contributed by atoms with Gasteiger partial charge in [-0.2, -0.15) is 0 Å². The van der Waals surface area contributed by atoms with E-state index in [0.717, 1.165) is 5.56 Å². The van der Waals surface area contributed by atoms with Crippen LogP contribution in [0.3, 0.4) is 0 Å². The molecule has 1 aliphatic rings. The second kappa shape index (κ2) is 7.54. The molecule has 0 unspecified atom stereocenters. The lowest BCUT2D eigenvalue weighted by Gasteiger charge is -2.11. The smallest absolute Gasteiger partial charge is 0.277 e. The van der Waals surface area contributed by atoms with E-state index < -0.39 is 0 Å². The SMILES string of the molecule is COC[C@@H](C)NC(=O)CSc1nnc(-c2ccc3c(c2)OCO3)o1. The Kier molecular flexibility index (Phi) is 5.21. The number of carbonyl (C=O) groups excluding carboxylic acids is 1. The fourth-order valence-corrected chi connectivity index (χ4v) is 2.72. The van der Waals surface area contributed by atoms with Gasteiger partial charge < -0.3 is 23.9 Å². The first kappa shape index (κ1) is 16.6. The van der Waals surface area contributed by atoms with E-state index in [4.69, 9.17) is 18.6 Å². The van der Waals surface area contributed by atoms with Gasteiger partial charge >= 0.3 is 0 Å². The summed E-state index contributed by atoms with van der Waals surface area (Å²) in [4.78, 5) is 11.8. The highest BCUT2D eigenvalue weighted by atomic mass is 32.2. The third-order valence-electron chi connectivity index (χ3n) is 3.18. The lowest BCUT2D eigenvalue weighted by molar-refractivity contribution is -0.119. The third-order valence-corrected chi connectivity index (χ3v) is 4.00. The van der Waals surface area contributed by atoms with E-state index in [-0.39, 0.29) is 24.5 Å². The van der Waals surface area contributed by atoms with Crippen LogP contribution in [0.1, 0.15) is 6.92 Å². The van der Waals surface area contributed by atoms with Crippen LogP contribution >= 0.6 is 11.8 Å². The molecule has 1 amide bonds. The van der Waals surface area contributed by atoms with Crippen molar-refractivity contribution in [2.24, 2.45) is 0 Å². The number of nitrogens with one attached hydrogen (secondary N) is 1. The maximum atomic E-state index is 11.8. The molecule has 0 radical (unpaired) electrons. The zero-order valence-electron chi connectivity index (χ0n) is 13.3.